The quantitative estimate of drug-likeness (QED) is 0.646. The number of benzene rings is 2. The van der Waals surface area contributed by atoms with Gasteiger partial charge in [0, 0.05) is 40.9 Å². The molecule has 1 aliphatic carbocycles. The lowest BCUT2D eigenvalue weighted by Gasteiger charge is -2.27. The third-order valence-corrected chi connectivity index (χ3v) is 6.41. The van der Waals surface area contributed by atoms with Gasteiger partial charge in [0.2, 0.25) is 0 Å². The summed E-state index contributed by atoms with van der Waals surface area (Å²) in [5.74, 6) is -0.978. The fourth-order valence-electron chi connectivity index (χ4n) is 3.33. The predicted molar refractivity (Wildman–Crippen MR) is 94.3 cm³/mol. The number of sulfone groups is 1. The lowest BCUT2D eigenvalue weighted by molar-refractivity contribution is 0.0769. The summed E-state index contributed by atoms with van der Waals surface area (Å²) in [6, 6.07) is 11.1. The third-order valence-electron chi connectivity index (χ3n) is 4.80. The van der Waals surface area contributed by atoms with Crippen molar-refractivity contribution in [2.45, 2.75) is 0 Å². The van der Waals surface area contributed by atoms with Gasteiger partial charge in [-0.1, -0.05) is 24.3 Å². The highest BCUT2D eigenvalue weighted by Gasteiger charge is 2.31. The maximum absolute atomic E-state index is 12.7. The Hall–Kier alpha value is -2.80. The molecule has 26 heavy (non-hydrogen) atoms. The number of fused-ring (bicyclic) bond motifs is 2. The molecule has 0 N–H and O–H groups in total. The second-order valence-corrected chi connectivity index (χ2v) is 8.71. The van der Waals surface area contributed by atoms with Crippen LogP contribution in [-0.2, 0) is 9.84 Å². The molecule has 0 atom stereocenters. The minimum Gasteiger partial charge on any atom is -0.337 e. The Morgan fingerprint density at radius 1 is 0.808 bits per heavy atom. The number of carbonyl (C=O) groups is 3. The molecule has 1 fully saturated rings. The Morgan fingerprint density at radius 2 is 1.35 bits per heavy atom. The van der Waals surface area contributed by atoms with Crippen molar-refractivity contribution in [2.75, 3.05) is 24.6 Å². The second kappa shape index (κ2) is 5.88. The van der Waals surface area contributed by atoms with Crippen molar-refractivity contribution in [3.8, 4) is 0 Å². The summed E-state index contributed by atoms with van der Waals surface area (Å²) in [5, 5.41) is 0. The average molecular weight is 369 g/mol. The van der Waals surface area contributed by atoms with Crippen LogP contribution in [0.3, 0.4) is 0 Å². The zero-order chi connectivity index (χ0) is 18.5. The van der Waals surface area contributed by atoms with Crippen LogP contribution in [-0.4, -0.2) is 55.4 Å². The van der Waals surface area contributed by atoms with Crippen LogP contribution in [0, 0.1) is 0 Å². The van der Waals surface area contributed by atoms with E-state index in [0.29, 0.717) is 11.1 Å². The van der Waals surface area contributed by atoms with Crippen molar-refractivity contribution in [1.29, 1.82) is 0 Å². The Balaban J connectivity index is 1.69. The lowest BCUT2D eigenvalue weighted by atomic mass is 9.83. The Labute approximate surface area is 150 Å². The first kappa shape index (κ1) is 16.7. The molecule has 7 heteroatoms. The highest BCUT2D eigenvalue weighted by atomic mass is 32.2. The smallest absolute Gasteiger partial charge is 0.253 e. The van der Waals surface area contributed by atoms with Crippen molar-refractivity contribution < 1.29 is 22.8 Å². The topological polar surface area (TPSA) is 88.6 Å². The van der Waals surface area contributed by atoms with E-state index in [4.69, 9.17) is 0 Å². The molecule has 0 radical (unpaired) electrons. The number of amides is 1. The summed E-state index contributed by atoms with van der Waals surface area (Å²) >= 11 is 0. The maximum atomic E-state index is 12.7. The zero-order valence-corrected chi connectivity index (χ0v) is 14.6. The predicted octanol–water partition coefficient (Wildman–Crippen LogP) is 1.33. The van der Waals surface area contributed by atoms with E-state index in [9.17, 15) is 22.8 Å². The molecule has 0 spiro atoms. The van der Waals surface area contributed by atoms with Crippen LogP contribution in [0.2, 0.25) is 0 Å². The van der Waals surface area contributed by atoms with Crippen LogP contribution in [0.15, 0.2) is 42.5 Å². The number of carbonyl (C=O) groups excluding carboxylic acids is 3. The summed E-state index contributed by atoms with van der Waals surface area (Å²) in [6.45, 7) is 0.266. The Morgan fingerprint density at radius 3 is 1.96 bits per heavy atom. The molecule has 0 bridgehead atoms. The van der Waals surface area contributed by atoms with Gasteiger partial charge in [-0.2, -0.15) is 0 Å². The molecule has 1 saturated heterocycles. The molecule has 2 aromatic rings. The van der Waals surface area contributed by atoms with Gasteiger partial charge in [-0.15, -0.1) is 0 Å². The normalized spacial score (nSPS) is 18.2. The molecule has 0 aromatic heterocycles. The van der Waals surface area contributed by atoms with Gasteiger partial charge in [0.1, 0.15) is 0 Å². The van der Waals surface area contributed by atoms with Crippen LogP contribution < -0.4 is 0 Å². The summed E-state index contributed by atoms with van der Waals surface area (Å²) in [5.41, 5.74) is 1.48. The summed E-state index contributed by atoms with van der Waals surface area (Å²) < 4.78 is 23.0. The van der Waals surface area contributed by atoms with Gasteiger partial charge < -0.3 is 4.90 Å². The van der Waals surface area contributed by atoms with Crippen LogP contribution >= 0.6 is 0 Å². The summed E-state index contributed by atoms with van der Waals surface area (Å²) in [7, 11) is -3.09. The lowest BCUT2D eigenvalue weighted by Crippen LogP contribution is -2.43. The summed E-state index contributed by atoms with van der Waals surface area (Å²) in [4.78, 5) is 39.5. The number of hydrogen-bond acceptors (Lipinski definition) is 5. The van der Waals surface area contributed by atoms with Crippen LogP contribution in [0.4, 0.5) is 0 Å². The van der Waals surface area contributed by atoms with Crippen LogP contribution in [0.1, 0.15) is 42.2 Å². The first-order chi connectivity index (χ1) is 12.4. The molecule has 1 aliphatic heterocycles. The van der Waals surface area contributed by atoms with E-state index in [1.165, 1.54) is 23.1 Å². The number of ketones is 2. The molecule has 6 nitrogen and oxygen atoms in total. The fourth-order valence-corrected chi connectivity index (χ4v) is 4.53. The van der Waals surface area contributed by atoms with E-state index in [2.05, 4.69) is 0 Å². The van der Waals surface area contributed by atoms with Crippen molar-refractivity contribution in [2.24, 2.45) is 0 Å². The SMILES string of the molecule is O=C1c2ccccc2C(=O)c2cc(C(=O)N3CCS(=O)(=O)CC3)ccc21. The first-order valence-corrected chi connectivity index (χ1v) is 10.0. The Kier molecular flexibility index (Phi) is 3.77. The van der Waals surface area contributed by atoms with Gasteiger partial charge in [-0.05, 0) is 18.2 Å². The summed E-state index contributed by atoms with van der Waals surface area (Å²) in [6.07, 6.45) is 0. The molecule has 1 amide bonds. The standard InChI is InChI=1S/C19H15NO5S/c21-17-13-3-1-2-4-14(13)18(22)16-11-12(5-6-15(16)17)19(23)20-7-9-26(24,25)10-8-20/h1-6,11H,7-10H2. The molecule has 4 rings (SSSR count). The van der Waals surface area contributed by atoms with Gasteiger partial charge in [0.25, 0.3) is 5.91 Å². The van der Waals surface area contributed by atoms with Gasteiger partial charge in [-0.3, -0.25) is 14.4 Å². The molecule has 1 heterocycles. The maximum Gasteiger partial charge on any atom is 0.253 e. The van der Waals surface area contributed by atoms with Crippen LogP contribution in [0.5, 0.6) is 0 Å². The highest BCUT2D eigenvalue weighted by Crippen LogP contribution is 2.28. The van der Waals surface area contributed by atoms with Crippen LogP contribution in [0.25, 0.3) is 0 Å². The van der Waals surface area contributed by atoms with Gasteiger partial charge in [-0.25, -0.2) is 8.42 Å². The van der Waals surface area contributed by atoms with E-state index in [1.54, 1.807) is 24.3 Å². The van der Waals surface area contributed by atoms with E-state index in [-0.39, 0.29) is 58.8 Å². The van der Waals surface area contributed by atoms with Gasteiger partial charge >= 0.3 is 0 Å². The molecule has 2 aliphatic rings. The molecule has 132 valence electrons. The number of rotatable bonds is 1. The monoisotopic (exact) mass is 369 g/mol. The molecule has 0 unspecified atom stereocenters. The van der Waals surface area contributed by atoms with Crippen molar-refractivity contribution in [1.82, 2.24) is 4.90 Å². The van der Waals surface area contributed by atoms with Gasteiger partial charge in [0.15, 0.2) is 21.4 Å². The Bertz CT molecular complexity index is 1060. The molecule has 0 saturated carbocycles. The molecular formula is C19H15NO5S. The first-order valence-electron chi connectivity index (χ1n) is 8.19. The fraction of sp³-hybridized carbons (Fsp3) is 0.211. The minimum absolute atomic E-state index is 0.0610. The van der Waals surface area contributed by atoms with Crippen molar-refractivity contribution >= 4 is 27.3 Å². The van der Waals surface area contributed by atoms with E-state index >= 15 is 0 Å². The largest absolute Gasteiger partial charge is 0.337 e. The zero-order valence-electron chi connectivity index (χ0n) is 13.8. The van der Waals surface area contributed by atoms with E-state index in [1.807, 2.05) is 0 Å². The third kappa shape index (κ3) is 2.64. The molecule has 2 aromatic carbocycles. The minimum atomic E-state index is -3.09. The second-order valence-electron chi connectivity index (χ2n) is 6.41. The van der Waals surface area contributed by atoms with Crippen molar-refractivity contribution in [3.63, 3.8) is 0 Å². The molecular weight excluding hydrogens is 354 g/mol. The van der Waals surface area contributed by atoms with E-state index < -0.39 is 9.84 Å². The number of hydrogen-bond donors (Lipinski definition) is 0. The van der Waals surface area contributed by atoms with Gasteiger partial charge in [0.05, 0.1) is 11.5 Å². The average Bonchev–Trinajstić information content (AvgIpc) is 2.65. The number of nitrogens with zero attached hydrogens (tertiary/aromatic N) is 1. The van der Waals surface area contributed by atoms with E-state index in [0.717, 1.165) is 0 Å². The highest BCUT2D eigenvalue weighted by molar-refractivity contribution is 7.91. The van der Waals surface area contributed by atoms with Crippen molar-refractivity contribution in [3.05, 3.63) is 70.3 Å².